The molecule has 0 unspecified atom stereocenters. The van der Waals surface area contributed by atoms with Crippen molar-refractivity contribution in [3.8, 4) is 5.75 Å². The third-order valence-corrected chi connectivity index (χ3v) is 6.92. The summed E-state index contributed by atoms with van der Waals surface area (Å²) in [6.45, 7) is 0. The Kier molecular flexibility index (Phi) is 4.11. The summed E-state index contributed by atoms with van der Waals surface area (Å²) in [5, 5.41) is 0.520. The van der Waals surface area contributed by atoms with Crippen molar-refractivity contribution in [2.24, 2.45) is 0 Å². The number of methoxy groups -OCH3 is 1. The number of benzene rings is 2. The van der Waals surface area contributed by atoms with Crippen LogP contribution in [0.25, 0.3) is 0 Å². The maximum absolute atomic E-state index is 13.3. The maximum atomic E-state index is 13.3. The summed E-state index contributed by atoms with van der Waals surface area (Å²) in [4.78, 5) is 3.71. The number of hydrogen-bond donors (Lipinski definition) is 0. The van der Waals surface area contributed by atoms with Gasteiger partial charge < -0.3 is 14.5 Å². The van der Waals surface area contributed by atoms with Gasteiger partial charge in [-0.05, 0) is 60.7 Å². The van der Waals surface area contributed by atoms with E-state index in [1.54, 1.807) is 19.2 Å². The fourth-order valence-corrected chi connectivity index (χ4v) is 6.05. The second kappa shape index (κ2) is 6.21. The molecule has 2 aromatic rings. The third-order valence-electron chi connectivity index (χ3n) is 4.82. The first-order valence-electron chi connectivity index (χ1n) is 8.12. The van der Waals surface area contributed by atoms with E-state index in [1.165, 1.54) is 12.1 Å². The fourth-order valence-electron chi connectivity index (χ4n) is 3.65. The van der Waals surface area contributed by atoms with Crippen molar-refractivity contribution < 1.29 is 17.5 Å². The Labute approximate surface area is 156 Å². The molecule has 8 heteroatoms. The number of anilines is 2. The highest BCUT2D eigenvalue weighted by Gasteiger charge is 2.52. The Balaban J connectivity index is 1.77. The summed E-state index contributed by atoms with van der Waals surface area (Å²) >= 11 is 5.68. The Morgan fingerprint density at radius 1 is 0.962 bits per heavy atom. The molecule has 4 rings (SSSR count). The van der Waals surface area contributed by atoms with Crippen LogP contribution in [-0.4, -0.2) is 44.2 Å². The first-order valence-corrected chi connectivity index (χ1v) is 10.3. The van der Waals surface area contributed by atoms with E-state index in [-0.39, 0.29) is 29.4 Å². The molecular weight excluding hydrogens is 375 g/mol. The maximum Gasteiger partial charge on any atom is 0.181 e. The van der Waals surface area contributed by atoms with Crippen molar-refractivity contribution in [1.82, 2.24) is 0 Å². The van der Waals surface area contributed by atoms with Gasteiger partial charge in [-0.3, -0.25) is 0 Å². The number of hydrogen-bond acceptors (Lipinski definition) is 4. The summed E-state index contributed by atoms with van der Waals surface area (Å²) in [6, 6.07) is 12.8. The first kappa shape index (κ1) is 17.2. The number of sulfone groups is 1. The van der Waals surface area contributed by atoms with Crippen LogP contribution in [0.2, 0.25) is 0 Å². The van der Waals surface area contributed by atoms with Crippen LogP contribution in [0.1, 0.15) is 0 Å². The lowest BCUT2D eigenvalue weighted by molar-refractivity contribution is 0.415. The van der Waals surface area contributed by atoms with Gasteiger partial charge in [0.1, 0.15) is 11.6 Å². The van der Waals surface area contributed by atoms with Gasteiger partial charge in [0.25, 0.3) is 0 Å². The van der Waals surface area contributed by atoms with Crippen LogP contribution < -0.4 is 14.5 Å². The lowest BCUT2D eigenvalue weighted by Crippen LogP contribution is -2.37. The predicted molar refractivity (Wildman–Crippen MR) is 103 cm³/mol. The molecular formula is C18H17FN2O3S2. The second-order valence-corrected chi connectivity index (χ2v) is 8.93. The minimum atomic E-state index is -3.17. The Hall–Kier alpha value is -2.19. The van der Waals surface area contributed by atoms with Crippen LogP contribution >= 0.6 is 12.2 Å². The van der Waals surface area contributed by atoms with Gasteiger partial charge in [0.05, 0.1) is 30.7 Å². The molecule has 0 aliphatic carbocycles. The zero-order valence-electron chi connectivity index (χ0n) is 14.0. The van der Waals surface area contributed by atoms with E-state index in [1.807, 2.05) is 34.1 Å². The van der Waals surface area contributed by atoms with Crippen LogP contribution in [0, 0.1) is 5.82 Å². The molecule has 2 aliphatic heterocycles. The van der Waals surface area contributed by atoms with E-state index in [0.29, 0.717) is 16.5 Å². The molecule has 2 fully saturated rings. The van der Waals surface area contributed by atoms with Crippen LogP contribution in [-0.2, 0) is 9.84 Å². The molecule has 0 aromatic heterocycles. The highest BCUT2D eigenvalue weighted by atomic mass is 32.2. The first-order chi connectivity index (χ1) is 12.4. The zero-order chi connectivity index (χ0) is 18.5. The second-order valence-electron chi connectivity index (χ2n) is 6.41. The van der Waals surface area contributed by atoms with Crippen molar-refractivity contribution in [2.45, 2.75) is 12.1 Å². The van der Waals surface area contributed by atoms with Gasteiger partial charge in [-0.1, -0.05) is 0 Å². The third kappa shape index (κ3) is 2.83. The van der Waals surface area contributed by atoms with Crippen LogP contribution in [0.3, 0.4) is 0 Å². The van der Waals surface area contributed by atoms with Gasteiger partial charge in [0.15, 0.2) is 14.9 Å². The summed E-state index contributed by atoms with van der Waals surface area (Å²) in [6.07, 6.45) is 0. The van der Waals surface area contributed by atoms with Gasteiger partial charge in [0.2, 0.25) is 0 Å². The molecule has 0 spiro atoms. The Morgan fingerprint density at radius 2 is 1.42 bits per heavy atom. The van der Waals surface area contributed by atoms with Crippen LogP contribution in [0.4, 0.5) is 15.8 Å². The Bertz CT molecular complexity index is 945. The van der Waals surface area contributed by atoms with Crippen molar-refractivity contribution in [3.63, 3.8) is 0 Å². The van der Waals surface area contributed by atoms with E-state index in [9.17, 15) is 12.8 Å². The molecule has 0 saturated carbocycles. The normalized spacial score (nSPS) is 24.0. The number of fused-ring (bicyclic) bond motifs is 1. The highest BCUT2D eigenvalue weighted by Crippen LogP contribution is 2.38. The summed E-state index contributed by atoms with van der Waals surface area (Å²) in [5.74, 6) is 0.440. The molecule has 2 saturated heterocycles. The van der Waals surface area contributed by atoms with E-state index in [4.69, 9.17) is 17.0 Å². The molecule has 0 N–H and O–H groups in total. The lowest BCUT2D eigenvalue weighted by Gasteiger charge is -2.25. The number of thiocarbonyl (C=S) groups is 1. The standard InChI is InChI=1S/C18H17FN2O3S2/c1-24-15-8-6-14(7-9-15)21-17-11-26(22,23)10-16(17)20(18(21)25)13-4-2-12(19)3-5-13/h2-9,16-17H,10-11H2,1H3/t16-,17-/m1/s1. The Morgan fingerprint density at radius 3 is 1.88 bits per heavy atom. The van der Waals surface area contributed by atoms with E-state index in [0.717, 1.165) is 5.69 Å². The van der Waals surface area contributed by atoms with Gasteiger partial charge in [-0.15, -0.1) is 0 Å². The van der Waals surface area contributed by atoms with Gasteiger partial charge in [-0.2, -0.15) is 0 Å². The fraction of sp³-hybridized carbons (Fsp3) is 0.278. The molecule has 5 nitrogen and oxygen atoms in total. The SMILES string of the molecule is COc1ccc(N2C(=S)N(c3ccc(F)cc3)[C@@H]3CS(=O)(=O)C[C@H]32)cc1. The summed E-state index contributed by atoms with van der Waals surface area (Å²) in [7, 11) is -1.58. The molecule has 2 heterocycles. The quantitative estimate of drug-likeness (QED) is 0.749. The van der Waals surface area contributed by atoms with Crippen molar-refractivity contribution in [2.75, 3.05) is 28.4 Å². The molecule has 2 aliphatic rings. The number of nitrogens with zero attached hydrogens (tertiary/aromatic N) is 2. The largest absolute Gasteiger partial charge is 0.497 e. The monoisotopic (exact) mass is 392 g/mol. The van der Waals surface area contributed by atoms with Gasteiger partial charge in [-0.25, -0.2) is 12.8 Å². The minimum absolute atomic E-state index is 0.0296. The number of rotatable bonds is 3. The van der Waals surface area contributed by atoms with Crippen LogP contribution in [0.5, 0.6) is 5.75 Å². The number of ether oxygens (including phenoxy) is 1. The molecule has 0 radical (unpaired) electrons. The zero-order valence-corrected chi connectivity index (χ0v) is 15.6. The van der Waals surface area contributed by atoms with E-state index >= 15 is 0 Å². The molecule has 2 atom stereocenters. The van der Waals surface area contributed by atoms with Gasteiger partial charge >= 0.3 is 0 Å². The highest BCUT2D eigenvalue weighted by molar-refractivity contribution is 7.91. The van der Waals surface area contributed by atoms with E-state index in [2.05, 4.69) is 0 Å². The number of halogens is 1. The van der Waals surface area contributed by atoms with Crippen LogP contribution in [0.15, 0.2) is 48.5 Å². The predicted octanol–water partition coefficient (Wildman–Crippen LogP) is 2.61. The average molecular weight is 392 g/mol. The molecule has 0 amide bonds. The smallest absolute Gasteiger partial charge is 0.181 e. The summed E-state index contributed by atoms with van der Waals surface area (Å²) in [5.41, 5.74) is 1.51. The average Bonchev–Trinajstić information content (AvgIpc) is 3.05. The molecule has 0 bridgehead atoms. The topological polar surface area (TPSA) is 49.9 Å². The van der Waals surface area contributed by atoms with E-state index < -0.39 is 9.84 Å². The van der Waals surface area contributed by atoms with Crippen molar-refractivity contribution in [3.05, 3.63) is 54.3 Å². The lowest BCUT2D eigenvalue weighted by atomic mass is 10.1. The van der Waals surface area contributed by atoms with Gasteiger partial charge in [0, 0.05) is 11.4 Å². The van der Waals surface area contributed by atoms with Crippen molar-refractivity contribution >= 4 is 38.5 Å². The molecule has 136 valence electrons. The van der Waals surface area contributed by atoms with Crippen molar-refractivity contribution in [1.29, 1.82) is 0 Å². The summed E-state index contributed by atoms with van der Waals surface area (Å²) < 4.78 is 43.1. The molecule has 2 aromatic carbocycles. The molecule has 26 heavy (non-hydrogen) atoms. The minimum Gasteiger partial charge on any atom is -0.497 e.